The second-order valence-corrected chi connectivity index (χ2v) is 4.90. The number of thiophene rings is 1. The number of aryl methyl sites for hydroxylation is 1. The first-order chi connectivity index (χ1) is 7.78. The molecular formula is C12H15N3S. The van der Waals surface area contributed by atoms with E-state index in [9.17, 15) is 0 Å². The highest BCUT2D eigenvalue weighted by Gasteiger charge is 1.98. The van der Waals surface area contributed by atoms with Gasteiger partial charge in [-0.05, 0) is 31.2 Å². The van der Waals surface area contributed by atoms with E-state index in [0.717, 1.165) is 18.2 Å². The van der Waals surface area contributed by atoms with Crippen molar-refractivity contribution >= 4 is 23.0 Å². The number of aromatic nitrogens is 1. The summed E-state index contributed by atoms with van der Waals surface area (Å²) >= 11 is 1.81. The summed E-state index contributed by atoms with van der Waals surface area (Å²) in [6.07, 6.45) is 0. The normalized spacial score (nSPS) is 10.1. The predicted octanol–water partition coefficient (Wildman–Crippen LogP) is 3.11. The predicted molar refractivity (Wildman–Crippen MR) is 70.2 cm³/mol. The molecule has 0 atom stereocenters. The first kappa shape index (κ1) is 11.0. The molecular weight excluding hydrogens is 218 g/mol. The molecule has 0 radical (unpaired) electrons. The summed E-state index contributed by atoms with van der Waals surface area (Å²) in [5.74, 6) is 1.78. The molecule has 0 spiro atoms. The standard InChI is InChI=1S/C12H15N3S/c1-9-6-7-10(16-9)8-14-12-5-3-4-11(13-2)15-12/h3-7H,8H2,1-2H3,(H2,13,14,15). The second kappa shape index (κ2) is 4.99. The van der Waals surface area contributed by atoms with Gasteiger partial charge >= 0.3 is 0 Å². The van der Waals surface area contributed by atoms with E-state index in [2.05, 4.69) is 34.7 Å². The van der Waals surface area contributed by atoms with Crippen LogP contribution in [0.25, 0.3) is 0 Å². The molecule has 2 rings (SSSR count). The van der Waals surface area contributed by atoms with Gasteiger partial charge in [0.05, 0.1) is 6.54 Å². The molecule has 3 nitrogen and oxygen atoms in total. The van der Waals surface area contributed by atoms with Crippen molar-refractivity contribution in [3.63, 3.8) is 0 Å². The maximum atomic E-state index is 4.40. The monoisotopic (exact) mass is 233 g/mol. The fraction of sp³-hybridized carbons (Fsp3) is 0.250. The van der Waals surface area contributed by atoms with Gasteiger partial charge in [0.2, 0.25) is 0 Å². The first-order valence-corrected chi connectivity index (χ1v) is 6.03. The minimum absolute atomic E-state index is 0.832. The Balaban J connectivity index is 1.99. The molecule has 0 aliphatic heterocycles. The molecule has 0 saturated carbocycles. The van der Waals surface area contributed by atoms with Crippen LogP contribution in [0.15, 0.2) is 30.3 Å². The molecule has 84 valence electrons. The zero-order valence-corrected chi connectivity index (χ0v) is 10.3. The Morgan fingerprint density at radius 1 is 1.19 bits per heavy atom. The molecule has 0 fully saturated rings. The molecule has 0 amide bonds. The van der Waals surface area contributed by atoms with Crippen molar-refractivity contribution in [1.82, 2.24) is 4.98 Å². The van der Waals surface area contributed by atoms with Crippen LogP contribution in [0.3, 0.4) is 0 Å². The van der Waals surface area contributed by atoms with Crippen molar-refractivity contribution < 1.29 is 0 Å². The Kier molecular flexibility index (Phi) is 3.41. The molecule has 2 heterocycles. The van der Waals surface area contributed by atoms with Crippen molar-refractivity contribution in [3.05, 3.63) is 40.1 Å². The van der Waals surface area contributed by atoms with Crippen LogP contribution >= 0.6 is 11.3 Å². The average Bonchev–Trinajstić information content (AvgIpc) is 2.73. The van der Waals surface area contributed by atoms with Crippen molar-refractivity contribution in [1.29, 1.82) is 0 Å². The third kappa shape index (κ3) is 2.73. The van der Waals surface area contributed by atoms with Gasteiger partial charge in [-0.25, -0.2) is 4.98 Å². The highest BCUT2D eigenvalue weighted by Crippen LogP contribution is 2.16. The van der Waals surface area contributed by atoms with Crippen LogP contribution in [0.1, 0.15) is 9.75 Å². The molecule has 0 bridgehead atoms. The SMILES string of the molecule is CNc1cccc(NCc2ccc(C)s2)n1. The zero-order valence-electron chi connectivity index (χ0n) is 9.45. The van der Waals surface area contributed by atoms with Gasteiger partial charge in [0, 0.05) is 16.8 Å². The van der Waals surface area contributed by atoms with E-state index in [0.29, 0.717) is 0 Å². The first-order valence-electron chi connectivity index (χ1n) is 5.22. The maximum absolute atomic E-state index is 4.40. The van der Waals surface area contributed by atoms with E-state index in [1.807, 2.05) is 36.6 Å². The molecule has 16 heavy (non-hydrogen) atoms. The van der Waals surface area contributed by atoms with Crippen molar-refractivity contribution in [3.8, 4) is 0 Å². The summed E-state index contributed by atoms with van der Waals surface area (Å²) in [6.45, 7) is 2.95. The lowest BCUT2D eigenvalue weighted by Crippen LogP contribution is -2.01. The van der Waals surface area contributed by atoms with E-state index in [1.165, 1.54) is 9.75 Å². The number of nitrogens with zero attached hydrogens (tertiary/aromatic N) is 1. The molecule has 2 N–H and O–H groups in total. The summed E-state index contributed by atoms with van der Waals surface area (Å²) in [6, 6.07) is 10.2. The molecule has 0 saturated heterocycles. The Bertz CT molecular complexity index is 465. The van der Waals surface area contributed by atoms with Crippen LogP contribution in [-0.2, 0) is 6.54 Å². The van der Waals surface area contributed by atoms with E-state index in [4.69, 9.17) is 0 Å². The van der Waals surface area contributed by atoms with E-state index < -0.39 is 0 Å². The lowest BCUT2D eigenvalue weighted by molar-refractivity contribution is 1.14. The van der Waals surface area contributed by atoms with Gasteiger partial charge in [-0.15, -0.1) is 11.3 Å². The minimum atomic E-state index is 0.832. The van der Waals surface area contributed by atoms with Crippen LogP contribution < -0.4 is 10.6 Å². The largest absolute Gasteiger partial charge is 0.373 e. The number of nitrogens with one attached hydrogen (secondary N) is 2. The van der Waals surface area contributed by atoms with Gasteiger partial charge in [0.1, 0.15) is 11.6 Å². The van der Waals surface area contributed by atoms with Gasteiger partial charge in [-0.3, -0.25) is 0 Å². The molecule has 0 aliphatic carbocycles. The average molecular weight is 233 g/mol. The number of rotatable bonds is 4. The molecule has 2 aromatic heterocycles. The molecule has 0 unspecified atom stereocenters. The highest BCUT2D eigenvalue weighted by molar-refractivity contribution is 7.11. The van der Waals surface area contributed by atoms with Gasteiger partial charge in [-0.2, -0.15) is 0 Å². The maximum Gasteiger partial charge on any atom is 0.128 e. The zero-order chi connectivity index (χ0) is 11.4. The van der Waals surface area contributed by atoms with Gasteiger partial charge < -0.3 is 10.6 Å². The van der Waals surface area contributed by atoms with E-state index in [1.54, 1.807) is 0 Å². The smallest absolute Gasteiger partial charge is 0.128 e. The number of anilines is 2. The van der Waals surface area contributed by atoms with E-state index in [-0.39, 0.29) is 0 Å². The van der Waals surface area contributed by atoms with E-state index >= 15 is 0 Å². The third-order valence-corrected chi connectivity index (χ3v) is 3.25. The molecule has 0 aliphatic rings. The quantitative estimate of drug-likeness (QED) is 0.852. The summed E-state index contributed by atoms with van der Waals surface area (Å²) in [5, 5.41) is 6.33. The summed E-state index contributed by atoms with van der Waals surface area (Å²) in [7, 11) is 1.87. The van der Waals surface area contributed by atoms with Crippen molar-refractivity contribution in [2.24, 2.45) is 0 Å². The van der Waals surface area contributed by atoms with Crippen molar-refractivity contribution in [2.45, 2.75) is 13.5 Å². The fourth-order valence-electron chi connectivity index (χ4n) is 1.43. The number of hydrogen-bond donors (Lipinski definition) is 2. The van der Waals surface area contributed by atoms with Gasteiger partial charge in [-0.1, -0.05) is 6.07 Å². The second-order valence-electron chi connectivity index (χ2n) is 3.52. The van der Waals surface area contributed by atoms with Crippen LogP contribution in [0.5, 0.6) is 0 Å². The Labute approximate surface area is 99.5 Å². The number of hydrogen-bond acceptors (Lipinski definition) is 4. The highest BCUT2D eigenvalue weighted by atomic mass is 32.1. The van der Waals surface area contributed by atoms with Crippen LogP contribution in [0, 0.1) is 6.92 Å². The Hall–Kier alpha value is -1.55. The lowest BCUT2D eigenvalue weighted by Gasteiger charge is -2.05. The van der Waals surface area contributed by atoms with Crippen molar-refractivity contribution in [2.75, 3.05) is 17.7 Å². The van der Waals surface area contributed by atoms with Crippen LogP contribution in [0.2, 0.25) is 0 Å². The molecule has 0 aromatic carbocycles. The lowest BCUT2D eigenvalue weighted by atomic mass is 10.4. The summed E-state index contributed by atoms with van der Waals surface area (Å²) < 4.78 is 0. The fourth-order valence-corrected chi connectivity index (χ4v) is 2.26. The summed E-state index contributed by atoms with van der Waals surface area (Å²) in [4.78, 5) is 7.06. The van der Waals surface area contributed by atoms with Gasteiger partial charge in [0.25, 0.3) is 0 Å². The van der Waals surface area contributed by atoms with Crippen LogP contribution in [0.4, 0.5) is 11.6 Å². The van der Waals surface area contributed by atoms with Gasteiger partial charge in [0.15, 0.2) is 0 Å². The third-order valence-electron chi connectivity index (χ3n) is 2.24. The molecule has 2 aromatic rings. The number of pyridine rings is 1. The summed E-state index contributed by atoms with van der Waals surface area (Å²) in [5.41, 5.74) is 0. The molecule has 4 heteroatoms. The Morgan fingerprint density at radius 3 is 2.69 bits per heavy atom. The Morgan fingerprint density at radius 2 is 2.00 bits per heavy atom. The minimum Gasteiger partial charge on any atom is -0.373 e. The van der Waals surface area contributed by atoms with Crippen LogP contribution in [-0.4, -0.2) is 12.0 Å². The topological polar surface area (TPSA) is 37.0 Å².